The van der Waals surface area contributed by atoms with Gasteiger partial charge in [0.1, 0.15) is 5.75 Å². The summed E-state index contributed by atoms with van der Waals surface area (Å²) >= 11 is 0. The van der Waals surface area contributed by atoms with Gasteiger partial charge in [0.05, 0.1) is 13.7 Å². The minimum absolute atomic E-state index is 0. The first-order chi connectivity index (χ1) is 11.8. The Hall–Kier alpha value is -1.02. The van der Waals surface area contributed by atoms with E-state index in [1.165, 1.54) is 32.4 Å². The van der Waals surface area contributed by atoms with Crippen LogP contribution in [0.4, 0.5) is 0 Å². The molecule has 2 fully saturated rings. The summed E-state index contributed by atoms with van der Waals surface area (Å²) in [5.74, 6) is 2.53. The average molecular weight is 458 g/mol. The number of benzene rings is 1. The lowest BCUT2D eigenvalue weighted by Crippen LogP contribution is -2.40. The van der Waals surface area contributed by atoms with Crippen LogP contribution in [0.2, 0.25) is 0 Å². The number of likely N-dealkylation sites (tertiary alicyclic amines) is 1. The molecule has 140 valence electrons. The highest BCUT2D eigenvalue weighted by Crippen LogP contribution is 2.31. The molecule has 0 amide bonds. The van der Waals surface area contributed by atoms with Gasteiger partial charge in [0.15, 0.2) is 5.96 Å². The van der Waals surface area contributed by atoms with Crippen molar-refractivity contribution in [2.45, 2.75) is 38.8 Å². The van der Waals surface area contributed by atoms with E-state index < -0.39 is 0 Å². The number of rotatable bonds is 7. The maximum absolute atomic E-state index is 5.40. The molecule has 1 saturated carbocycles. The molecule has 1 aliphatic carbocycles. The summed E-state index contributed by atoms with van der Waals surface area (Å²) in [4.78, 5) is 7.38. The third-order valence-corrected chi connectivity index (χ3v) is 4.88. The Morgan fingerprint density at radius 3 is 2.76 bits per heavy atom. The lowest BCUT2D eigenvalue weighted by atomic mass is 10.1. The Morgan fingerprint density at radius 1 is 1.24 bits per heavy atom. The van der Waals surface area contributed by atoms with Gasteiger partial charge in [-0.05, 0) is 44.7 Å². The van der Waals surface area contributed by atoms with Crippen molar-refractivity contribution in [3.8, 4) is 5.75 Å². The van der Waals surface area contributed by atoms with Gasteiger partial charge in [-0.2, -0.15) is 0 Å². The first kappa shape index (κ1) is 20.3. The predicted octanol–water partition coefficient (Wildman–Crippen LogP) is 2.85. The van der Waals surface area contributed by atoms with E-state index in [2.05, 4.69) is 28.5 Å². The van der Waals surface area contributed by atoms with Crippen molar-refractivity contribution in [3.05, 3.63) is 29.8 Å². The van der Waals surface area contributed by atoms with Gasteiger partial charge >= 0.3 is 0 Å². The van der Waals surface area contributed by atoms with E-state index >= 15 is 0 Å². The molecular weight excluding hydrogens is 427 g/mol. The molecule has 0 radical (unpaired) electrons. The van der Waals surface area contributed by atoms with Crippen LogP contribution in [-0.2, 0) is 6.54 Å². The lowest BCUT2D eigenvalue weighted by Gasteiger charge is -2.17. The third-order valence-electron chi connectivity index (χ3n) is 4.88. The summed E-state index contributed by atoms with van der Waals surface area (Å²) in [6, 6.07) is 8.95. The second-order valence-corrected chi connectivity index (χ2v) is 6.77. The first-order valence-corrected chi connectivity index (χ1v) is 9.18. The third kappa shape index (κ3) is 6.02. The quantitative estimate of drug-likeness (QED) is 0.375. The summed E-state index contributed by atoms with van der Waals surface area (Å²) in [6.07, 6.45) is 4.11. The maximum Gasteiger partial charge on any atom is 0.191 e. The predicted molar refractivity (Wildman–Crippen MR) is 114 cm³/mol. The van der Waals surface area contributed by atoms with Gasteiger partial charge in [-0.1, -0.05) is 18.2 Å². The van der Waals surface area contributed by atoms with E-state index in [1.54, 1.807) is 7.11 Å². The molecular formula is C19H31IN4O. The number of para-hydroxylation sites is 1. The second-order valence-electron chi connectivity index (χ2n) is 6.77. The van der Waals surface area contributed by atoms with Crippen molar-refractivity contribution in [3.63, 3.8) is 0 Å². The number of methoxy groups -OCH3 is 1. The molecule has 1 aliphatic heterocycles. The molecule has 1 aromatic rings. The molecule has 3 rings (SSSR count). The molecule has 0 spiro atoms. The minimum Gasteiger partial charge on any atom is -0.496 e. The van der Waals surface area contributed by atoms with E-state index in [1.807, 2.05) is 18.2 Å². The van der Waals surface area contributed by atoms with Crippen molar-refractivity contribution in [1.82, 2.24) is 15.5 Å². The summed E-state index contributed by atoms with van der Waals surface area (Å²) in [5, 5.41) is 6.87. The van der Waals surface area contributed by atoms with Crippen molar-refractivity contribution in [2.75, 3.05) is 33.3 Å². The van der Waals surface area contributed by atoms with Crippen molar-refractivity contribution < 1.29 is 4.74 Å². The van der Waals surface area contributed by atoms with Crippen molar-refractivity contribution >= 4 is 29.9 Å². The van der Waals surface area contributed by atoms with Crippen LogP contribution in [0.1, 0.15) is 31.7 Å². The van der Waals surface area contributed by atoms with Crippen LogP contribution in [0.3, 0.4) is 0 Å². The van der Waals surface area contributed by atoms with Crippen LogP contribution in [-0.4, -0.2) is 50.2 Å². The van der Waals surface area contributed by atoms with Gasteiger partial charge in [0, 0.05) is 31.2 Å². The van der Waals surface area contributed by atoms with E-state index in [-0.39, 0.29) is 24.0 Å². The summed E-state index contributed by atoms with van der Waals surface area (Å²) in [5.41, 5.74) is 1.11. The van der Waals surface area contributed by atoms with Gasteiger partial charge in [-0.15, -0.1) is 24.0 Å². The molecule has 1 unspecified atom stereocenters. The maximum atomic E-state index is 5.40. The first-order valence-electron chi connectivity index (χ1n) is 9.18. The largest absolute Gasteiger partial charge is 0.496 e. The monoisotopic (exact) mass is 458 g/mol. The molecule has 5 nitrogen and oxygen atoms in total. The van der Waals surface area contributed by atoms with Gasteiger partial charge in [0.2, 0.25) is 0 Å². The van der Waals surface area contributed by atoms with Gasteiger partial charge in [-0.25, -0.2) is 4.99 Å². The molecule has 25 heavy (non-hydrogen) atoms. The Kier molecular flexibility index (Phi) is 8.29. The smallest absolute Gasteiger partial charge is 0.191 e. The average Bonchev–Trinajstić information content (AvgIpc) is 3.36. The molecule has 2 N–H and O–H groups in total. The van der Waals surface area contributed by atoms with Crippen LogP contribution in [0.25, 0.3) is 0 Å². The van der Waals surface area contributed by atoms with Gasteiger partial charge in [0.25, 0.3) is 0 Å². The van der Waals surface area contributed by atoms with Gasteiger partial charge in [-0.3, -0.25) is 0 Å². The van der Waals surface area contributed by atoms with E-state index in [9.17, 15) is 0 Å². The topological polar surface area (TPSA) is 48.9 Å². The van der Waals surface area contributed by atoms with E-state index in [0.29, 0.717) is 6.54 Å². The summed E-state index contributed by atoms with van der Waals surface area (Å²) < 4.78 is 5.40. The Morgan fingerprint density at radius 2 is 2.04 bits per heavy atom. The summed E-state index contributed by atoms with van der Waals surface area (Å²) in [6.45, 7) is 7.11. The highest BCUT2D eigenvalue weighted by atomic mass is 127. The molecule has 1 saturated heterocycles. The minimum atomic E-state index is 0. The van der Waals surface area contributed by atoms with Crippen LogP contribution in [0.5, 0.6) is 5.75 Å². The Labute approximate surface area is 168 Å². The molecule has 1 aromatic carbocycles. The highest BCUT2D eigenvalue weighted by Gasteiger charge is 2.34. The zero-order valence-electron chi connectivity index (χ0n) is 15.3. The fourth-order valence-electron chi connectivity index (χ4n) is 3.38. The number of halogens is 1. The fraction of sp³-hybridized carbons (Fsp3) is 0.632. The molecule has 0 aromatic heterocycles. The van der Waals surface area contributed by atoms with Crippen LogP contribution >= 0.6 is 24.0 Å². The standard InChI is InChI=1S/C19H30N4O.HI/c1-3-20-19(22-13-16-6-4-5-7-18(16)24-2)21-12-15-10-11-23(14-15)17-8-9-17;/h4-7,15,17H,3,8-14H2,1-2H3,(H2,20,21,22);1H. The van der Waals surface area contributed by atoms with Crippen LogP contribution in [0.15, 0.2) is 29.3 Å². The van der Waals surface area contributed by atoms with E-state index in [0.717, 1.165) is 42.3 Å². The number of hydrogen-bond donors (Lipinski definition) is 2. The van der Waals surface area contributed by atoms with Gasteiger partial charge < -0.3 is 20.3 Å². The molecule has 1 atom stereocenters. The highest BCUT2D eigenvalue weighted by molar-refractivity contribution is 14.0. The zero-order valence-corrected chi connectivity index (χ0v) is 17.7. The SMILES string of the molecule is CCNC(=NCc1ccccc1OC)NCC1CCN(C2CC2)C1.I. The molecule has 0 bridgehead atoms. The molecule has 1 heterocycles. The number of nitrogens with one attached hydrogen (secondary N) is 2. The van der Waals surface area contributed by atoms with Crippen LogP contribution in [0, 0.1) is 5.92 Å². The summed E-state index contributed by atoms with van der Waals surface area (Å²) in [7, 11) is 1.71. The zero-order chi connectivity index (χ0) is 16.8. The number of aliphatic imine (C=N–C) groups is 1. The Balaban J connectivity index is 0.00000225. The van der Waals surface area contributed by atoms with Crippen LogP contribution < -0.4 is 15.4 Å². The number of hydrogen-bond acceptors (Lipinski definition) is 3. The normalized spacial score (nSPS) is 20.9. The lowest BCUT2D eigenvalue weighted by molar-refractivity contribution is 0.314. The Bertz CT molecular complexity index is 562. The number of guanidine groups is 1. The molecule has 6 heteroatoms. The number of nitrogens with zero attached hydrogens (tertiary/aromatic N) is 2. The second kappa shape index (κ2) is 10.2. The van der Waals surface area contributed by atoms with E-state index in [4.69, 9.17) is 9.73 Å². The van der Waals surface area contributed by atoms with Crippen molar-refractivity contribution in [2.24, 2.45) is 10.9 Å². The van der Waals surface area contributed by atoms with Crippen molar-refractivity contribution in [1.29, 1.82) is 0 Å². The fourth-order valence-corrected chi connectivity index (χ4v) is 3.38. The molecule has 2 aliphatic rings. The number of ether oxygens (including phenoxy) is 1.